The minimum Gasteiger partial charge on any atom is -0.389 e. The second-order valence-electron chi connectivity index (χ2n) is 9.87. The van der Waals surface area contributed by atoms with E-state index in [1.807, 2.05) is 0 Å². The maximum Gasteiger partial charge on any atom is 0.355 e. The van der Waals surface area contributed by atoms with Gasteiger partial charge in [-0.2, -0.15) is 10.1 Å². The highest BCUT2D eigenvalue weighted by atomic mass is 35.5. The number of benzene rings is 2. The molecule has 41 heavy (non-hydrogen) atoms. The molecule has 0 aliphatic heterocycles. The van der Waals surface area contributed by atoms with Crippen LogP contribution in [0.1, 0.15) is 25.2 Å². The van der Waals surface area contributed by atoms with Crippen LogP contribution in [0.25, 0.3) is 10.9 Å². The van der Waals surface area contributed by atoms with Gasteiger partial charge in [0.2, 0.25) is 5.95 Å². The van der Waals surface area contributed by atoms with Gasteiger partial charge in [0.1, 0.15) is 5.82 Å². The molecule has 5 rings (SSSR count). The third-order valence-electron chi connectivity index (χ3n) is 5.89. The summed E-state index contributed by atoms with van der Waals surface area (Å²) < 4.78 is 31.4. The number of aliphatic hydroxyl groups is 1. The summed E-state index contributed by atoms with van der Waals surface area (Å²) in [7, 11) is 0. The molecule has 0 saturated heterocycles. The van der Waals surface area contributed by atoms with E-state index in [0.717, 1.165) is 15.2 Å². The van der Waals surface area contributed by atoms with Crippen LogP contribution in [0.4, 0.5) is 20.4 Å². The average Bonchev–Trinajstić information content (AvgIpc) is 3.27. The summed E-state index contributed by atoms with van der Waals surface area (Å²) >= 11 is 12.3. The van der Waals surface area contributed by atoms with Gasteiger partial charge in [-0.15, -0.1) is 0 Å². The van der Waals surface area contributed by atoms with Gasteiger partial charge in [-0.1, -0.05) is 23.2 Å². The molecule has 3 aromatic heterocycles. The maximum absolute atomic E-state index is 14.1. The standard InChI is InChI=1S/C26H22Cl2F2N8O3/c1-26(2,41)13-36-11-15-8-20(16(27)9-19(15)35-36)33-23-34-24(39)38(12-21-31-4-3-5-32-21)25(40)37(23)10-14-6-17(28)22(30)18(29)7-14/h3-9,11,41H,10,12-13H2,1-2H3,(H,33,34,39). The van der Waals surface area contributed by atoms with Crippen molar-refractivity contribution in [1.29, 1.82) is 0 Å². The molecule has 0 unspecified atom stereocenters. The number of nitrogens with zero attached hydrogens (tertiary/aromatic N) is 7. The summed E-state index contributed by atoms with van der Waals surface area (Å²) in [5.74, 6) is -2.45. The summed E-state index contributed by atoms with van der Waals surface area (Å²) in [6.07, 6.45) is 4.62. The summed E-state index contributed by atoms with van der Waals surface area (Å²) in [5.41, 5.74) is -1.77. The Hall–Kier alpha value is -4.20. The van der Waals surface area contributed by atoms with Gasteiger partial charge < -0.3 is 10.4 Å². The summed E-state index contributed by atoms with van der Waals surface area (Å²) in [6.45, 7) is 2.91. The van der Waals surface area contributed by atoms with Crippen molar-refractivity contribution in [2.45, 2.75) is 39.1 Å². The van der Waals surface area contributed by atoms with Crippen LogP contribution in [0, 0.1) is 11.6 Å². The van der Waals surface area contributed by atoms with Crippen molar-refractivity contribution >= 4 is 45.7 Å². The number of halogens is 4. The first-order chi connectivity index (χ1) is 19.4. The van der Waals surface area contributed by atoms with Crippen LogP contribution in [0.3, 0.4) is 0 Å². The van der Waals surface area contributed by atoms with Gasteiger partial charge in [-0.05, 0) is 49.7 Å². The minimum atomic E-state index is -1.23. The predicted octanol–water partition coefficient (Wildman–Crippen LogP) is 3.74. The molecular weight excluding hydrogens is 581 g/mol. The monoisotopic (exact) mass is 602 g/mol. The van der Waals surface area contributed by atoms with E-state index >= 15 is 0 Å². The zero-order valence-corrected chi connectivity index (χ0v) is 23.2. The summed E-state index contributed by atoms with van der Waals surface area (Å²) in [5, 5.41) is 17.8. The molecule has 0 radical (unpaired) electrons. The molecule has 0 atom stereocenters. The molecule has 0 aliphatic rings. The Labute approximate surface area is 240 Å². The lowest BCUT2D eigenvalue weighted by Gasteiger charge is -2.16. The van der Waals surface area contributed by atoms with E-state index in [9.17, 15) is 23.5 Å². The molecule has 0 spiro atoms. The highest BCUT2D eigenvalue weighted by Gasteiger charge is 2.19. The topological polar surface area (TPSA) is 133 Å². The Morgan fingerprint density at radius 1 is 1.00 bits per heavy atom. The van der Waals surface area contributed by atoms with Crippen LogP contribution < -0.4 is 16.7 Å². The molecule has 3 heterocycles. The van der Waals surface area contributed by atoms with Gasteiger partial charge in [-0.3, -0.25) is 9.25 Å². The fraction of sp³-hybridized carbons (Fsp3) is 0.231. The number of fused-ring (bicyclic) bond motifs is 1. The van der Waals surface area contributed by atoms with Gasteiger partial charge in [0, 0.05) is 24.0 Å². The predicted molar refractivity (Wildman–Crippen MR) is 149 cm³/mol. The molecule has 2 N–H and O–H groups in total. The Bertz CT molecular complexity index is 1860. The van der Waals surface area contributed by atoms with Crippen LogP contribution in [0.2, 0.25) is 10.0 Å². The molecule has 11 nitrogen and oxygen atoms in total. The van der Waals surface area contributed by atoms with Crippen LogP contribution in [-0.4, -0.2) is 44.6 Å². The fourth-order valence-corrected chi connectivity index (χ4v) is 4.56. The van der Waals surface area contributed by atoms with Crippen molar-refractivity contribution < 1.29 is 13.9 Å². The Morgan fingerprint density at radius 2 is 1.73 bits per heavy atom. The van der Waals surface area contributed by atoms with E-state index in [1.165, 1.54) is 18.5 Å². The zero-order chi connectivity index (χ0) is 29.5. The number of rotatable bonds is 8. The number of aromatic nitrogens is 7. The van der Waals surface area contributed by atoms with Gasteiger partial charge in [0.25, 0.3) is 0 Å². The molecule has 0 fully saturated rings. The summed E-state index contributed by atoms with van der Waals surface area (Å²) in [4.78, 5) is 38.7. The highest BCUT2D eigenvalue weighted by Crippen LogP contribution is 2.30. The average molecular weight is 603 g/mol. The van der Waals surface area contributed by atoms with Crippen LogP contribution in [0.5, 0.6) is 0 Å². The minimum absolute atomic E-state index is 0.136. The SMILES string of the molecule is CC(C)(O)Cn1cc2cc(Nc3nc(=O)n(Cc4ncccn4)c(=O)n3Cc3cc(F)c(F)c(Cl)c3)c(Cl)cc2n1. The Kier molecular flexibility index (Phi) is 7.60. The Balaban J connectivity index is 1.60. The van der Waals surface area contributed by atoms with Crippen molar-refractivity contribution in [1.82, 2.24) is 33.9 Å². The van der Waals surface area contributed by atoms with Crippen molar-refractivity contribution in [3.05, 3.63) is 103 Å². The first-order valence-corrected chi connectivity index (χ1v) is 12.9. The fourth-order valence-electron chi connectivity index (χ4n) is 4.13. The van der Waals surface area contributed by atoms with Gasteiger partial charge in [0.15, 0.2) is 11.6 Å². The van der Waals surface area contributed by atoms with Crippen LogP contribution >= 0.6 is 23.2 Å². The van der Waals surface area contributed by atoms with Crippen LogP contribution in [0.15, 0.2) is 58.5 Å². The normalized spacial score (nSPS) is 11.8. The van der Waals surface area contributed by atoms with E-state index in [0.29, 0.717) is 10.9 Å². The second kappa shape index (κ2) is 11.0. The molecular formula is C26H22Cl2F2N8O3. The smallest absolute Gasteiger partial charge is 0.355 e. The van der Waals surface area contributed by atoms with E-state index < -0.39 is 33.6 Å². The van der Waals surface area contributed by atoms with E-state index in [1.54, 1.807) is 42.9 Å². The molecule has 15 heteroatoms. The van der Waals surface area contributed by atoms with Crippen molar-refractivity contribution in [3.8, 4) is 0 Å². The van der Waals surface area contributed by atoms with Crippen LogP contribution in [-0.2, 0) is 19.6 Å². The molecule has 0 aliphatic carbocycles. The third-order valence-corrected chi connectivity index (χ3v) is 6.48. The highest BCUT2D eigenvalue weighted by molar-refractivity contribution is 6.34. The first kappa shape index (κ1) is 28.3. The van der Waals surface area contributed by atoms with Crippen molar-refractivity contribution in [3.63, 3.8) is 0 Å². The summed E-state index contributed by atoms with van der Waals surface area (Å²) in [6, 6.07) is 6.86. The van der Waals surface area contributed by atoms with Gasteiger partial charge in [0.05, 0.1) is 46.5 Å². The largest absolute Gasteiger partial charge is 0.389 e. The van der Waals surface area contributed by atoms with Crippen molar-refractivity contribution in [2.75, 3.05) is 5.32 Å². The van der Waals surface area contributed by atoms with E-state index in [2.05, 4.69) is 25.4 Å². The lowest BCUT2D eigenvalue weighted by molar-refractivity contribution is 0.0580. The number of anilines is 2. The molecule has 0 saturated carbocycles. The van der Waals surface area contributed by atoms with E-state index in [4.69, 9.17) is 23.2 Å². The van der Waals surface area contributed by atoms with Gasteiger partial charge >= 0.3 is 11.4 Å². The number of nitrogens with one attached hydrogen (secondary N) is 1. The molecule has 2 aromatic carbocycles. The maximum atomic E-state index is 14.1. The third kappa shape index (κ3) is 6.26. The lowest BCUT2D eigenvalue weighted by atomic mass is 10.1. The van der Waals surface area contributed by atoms with Crippen molar-refractivity contribution in [2.24, 2.45) is 0 Å². The molecule has 0 bridgehead atoms. The molecule has 5 aromatic rings. The number of hydrogen-bond acceptors (Lipinski definition) is 8. The lowest BCUT2D eigenvalue weighted by Crippen LogP contribution is -2.43. The second-order valence-corrected chi connectivity index (χ2v) is 10.7. The number of hydrogen-bond donors (Lipinski definition) is 2. The van der Waals surface area contributed by atoms with E-state index in [-0.39, 0.29) is 47.7 Å². The van der Waals surface area contributed by atoms with Gasteiger partial charge in [-0.25, -0.2) is 32.9 Å². The first-order valence-electron chi connectivity index (χ1n) is 12.1. The zero-order valence-electron chi connectivity index (χ0n) is 21.6. The Morgan fingerprint density at radius 3 is 2.41 bits per heavy atom. The quantitative estimate of drug-likeness (QED) is 0.257. The molecule has 212 valence electrons. The molecule has 0 amide bonds.